The van der Waals surface area contributed by atoms with Gasteiger partial charge in [0.1, 0.15) is 5.75 Å². The average Bonchev–Trinajstić information content (AvgIpc) is 2.57. The molecule has 0 unspecified atom stereocenters. The number of sulfonamides is 1. The van der Waals surface area contributed by atoms with Crippen molar-refractivity contribution >= 4 is 33.2 Å². The minimum atomic E-state index is -3.59. The molecule has 0 aliphatic heterocycles. The molecule has 2 rings (SSSR count). The summed E-state index contributed by atoms with van der Waals surface area (Å²) in [6.45, 7) is -3.01. The van der Waals surface area contributed by atoms with E-state index in [0.717, 1.165) is 4.31 Å². The summed E-state index contributed by atoms with van der Waals surface area (Å²) in [5.41, 5.74) is 0.485. The van der Waals surface area contributed by atoms with Crippen molar-refractivity contribution in [2.24, 2.45) is 0 Å². The van der Waals surface area contributed by atoms with E-state index in [2.05, 4.69) is 10.1 Å². The van der Waals surface area contributed by atoms with Crippen LogP contribution in [-0.2, 0) is 10.0 Å². The monoisotopic (exact) mass is 404 g/mol. The third kappa shape index (κ3) is 4.69. The van der Waals surface area contributed by atoms with Gasteiger partial charge in [0.25, 0.3) is 5.91 Å². The van der Waals surface area contributed by atoms with Gasteiger partial charge in [-0.3, -0.25) is 4.79 Å². The van der Waals surface area contributed by atoms with E-state index in [-0.39, 0.29) is 26.9 Å². The second-order valence-corrected chi connectivity index (χ2v) is 7.85. The number of nitrogens with one attached hydrogen (secondary N) is 1. The Morgan fingerprint density at radius 1 is 1.15 bits per heavy atom. The van der Waals surface area contributed by atoms with E-state index in [9.17, 15) is 22.0 Å². The number of hydrogen-bond acceptors (Lipinski definition) is 4. The van der Waals surface area contributed by atoms with Crippen molar-refractivity contribution in [3.8, 4) is 5.75 Å². The number of hydrogen-bond donors (Lipinski definition) is 1. The van der Waals surface area contributed by atoms with Crippen molar-refractivity contribution in [2.45, 2.75) is 11.5 Å². The Hall–Kier alpha value is -2.23. The van der Waals surface area contributed by atoms with Crippen LogP contribution in [0.5, 0.6) is 5.75 Å². The quantitative estimate of drug-likeness (QED) is 0.800. The van der Waals surface area contributed by atoms with Gasteiger partial charge in [-0.2, -0.15) is 8.78 Å². The fourth-order valence-electron chi connectivity index (χ4n) is 1.96. The van der Waals surface area contributed by atoms with Gasteiger partial charge in [0.05, 0.1) is 9.92 Å². The molecular formula is C16H15ClF2N2O4S. The number of carbonyl (C=O) groups is 1. The molecule has 0 bridgehead atoms. The molecule has 0 fully saturated rings. The summed E-state index contributed by atoms with van der Waals surface area (Å²) in [5.74, 6) is -0.727. The second-order valence-electron chi connectivity index (χ2n) is 5.29. The Labute approximate surface area is 154 Å². The average molecular weight is 405 g/mol. The number of benzene rings is 2. The van der Waals surface area contributed by atoms with Crippen LogP contribution in [-0.4, -0.2) is 39.3 Å². The number of alkyl halides is 2. The van der Waals surface area contributed by atoms with Crippen molar-refractivity contribution in [3.63, 3.8) is 0 Å². The molecule has 0 heterocycles. The highest BCUT2D eigenvalue weighted by atomic mass is 35.5. The van der Waals surface area contributed by atoms with E-state index in [1.54, 1.807) is 0 Å². The summed E-state index contributed by atoms with van der Waals surface area (Å²) >= 11 is 5.82. The van der Waals surface area contributed by atoms with Crippen LogP contribution in [0.1, 0.15) is 10.4 Å². The lowest BCUT2D eigenvalue weighted by Gasteiger charge is -2.12. The minimum absolute atomic E-state index is 0.0515. The number of carbonyl (C=O) groups excluding carboxylic acids is 1. The molecule has 140 valence electrons. The Bertz CT molecular complexity index is 903. The highest BCUT2D eigenvalue weighted by Gasteiger charge is 2.18. The zero-order chi connectivity index (χ0) is 19.5. The Balaban J connectivity index is 2.14. The molecule has 0 saturated carbocycles. The van der Waals surface area contributed by atoms with Gasteiger partial charge >= 0.3 is 6.61 Å². The minimum Gasteiger partial charge on any atom is -0.433 e. The Morgan fingerprint density at radius 2 is 1.77 bits per heavy atom. The summed E-state index contributed by atoms with van der Waals surface area (Å²) in [6.07, 6.45) is 0. The van der Waals surface area contributed by atoms with E-state index in [0.29, 0.717) is 0 Å². The van der Waals surface area contributed by atoms with E-state index in [1.165, 1.54) is 56.6 Å². The number of amides is 1. The zero-order valence-corrected chi connectivity index (χ0v) is 15.3. The predicted molar refractivity (Wildman–Crippen MR) is 93.4 cm³/mol. The molecule has 10 heteroatoms. The summed E-state index contributed by atoms with van der Waals surface area (Å²) < 4.78 is 53.7. The topological polar surface area (TPSA) is 75.7 Å². The van der Waals surface area contributed by atoms with Crippen molar-refractivity contribution < 1.29 is 26.7 Å². The van der Waals surface area contributed by atoms with Crippen LogP contribution in [0.15, 0.2) is 47.4 Å². The molecule has 1 N–H and O–H groups in total. The normalized spacial score (nSPS) is 11.7. The standard InChI is InChI=1S/C16H15ClF2N2O4S/c1-21(2)26(23,24)12-6-3-10(4-7-12)15(22)20-11-5-8-14(13(17)9-11)25-16(18)19/h3-9,16H,1-2H3,(H,20,22). The molecule has 0 atom stereocenters. The molecule has 2 aromatic rings. The first-order valence-corrected chi connectivity index (χ1v) is 9.01. The van der Waals surface area contributed by atoms with Gasteiger partial charge in [0, 0.05) is 25.3 Å². The number of rotatable bonds is 6. The lowest BCUT2D eigenvalue weighted by atomic mass is 10.2. The summed E-state index contributed by atoms with van der Waals surface area (Å²) in [6, 6.07) is 9.18. The first kappa shape index (κ1) is 20.1. The summed E-state index contributed by atoms with van der Waals surface area (Å²) in [7, 11) is -0.782. The molecule has 2 aromatic carbocycles. The molecule has 6 nitrogen and oxygen atoms in total. The lowest BCUT2D eigenvalue weighted by molar-refractivity contribution is -0.0497. The fourth-order valence-corrected chi connectivity index (χ4v) is 3.09. The fraction of sp³-hybridized carbons (Fsp3) is 0.188. The highest BCUT2D eigenvalue weighted by Crippen LogP contribution is 2.29. The number of anilines is 1. The SMILES string of the molecule is CN(C)S(=O)(=O)c1ccc(C(=O)Nc2ccc(OC(F)F)c(Cl)c2)cc1. The molecular weight excluding hydrogens is 390 g/mol. The highest BCUT2D eigenvalue weighted by molar-refractivity contribution is 7.89. The zero-order valence-electron chi connectivity index (χ0n) is 13.7. The van der Waals surface area contributed by atoms with E-state index in [1.807, 2.05) is 0 Å². The molecule has 26 heavy (non-hydrogen) atoms. The molecule has 1 amide bonds. The van der Waals surface area contributed by atoms with Crippen LogP contribution in [0, 0.1) is 0 Å². The van der Waals surface area contributed by atoms with Gasteiger partial charge in [-0.15, -0.1) is 0 Å². The van der Waals surface area contributed by atoms with Crippen molar-refractivity contribution in [1.29, 1.82) is 0 Å². The van der Waals surface area contributed by atoms with Crippen LogP contribution in [0.25, 0.3) is 0 Å². The maximum atomic E-state index is 12.2. The van der Waals surface area contributed by atoms with Crippen molar-refractivity contribution in [1.82, 2.24) is 4.31 Å². The van der Waals surface area contributed by atoms with Crippen LogP contribution in [0.4, 0.5) is 14.5 Å². The second kappa shape index (κ2) is 7.98. The number of ether oxygens (including phenoxy) is 1. The largest absolute Gasteiger partial charge is 0.433 e. The van der Waals surface area contributed by atoms with Gasteiger partial charge in [-0.25, -0.2) is 12.7 Å². The third-order valence-corrected chi connectivity index (χ3v) is 5.43. The first-order valence-electron chi connectivity index (χ1n) is 7.19. The predicted octanol–water partition coefficient (Wildman–Crippen LogP) is 3.44. The smallest absolute Gasteiger partial charge is 0.387 e. The molecule has 0 radical (unpaired) electrons. The number of nitrogens with zero attached hydrogens (tertiary/aromatic N) is 1. The third-order valence-electron chi connectivity index (χ3n) is 3.30. The van der Waals surface area contributed by atoms with Crippen LogP contribution in [0.3, 0.4) is 0 Å². The first-order chi connectivity index (χ1) is 12.1. The van der Waals surface area contributed by atoms with Gasteiger partial charge in [-0.05, 0) is 42.5 Å². The van der Waals surface area contributed by atoms with Gasteiger partial charge in [-0.1, -0.05) is 11.6 Å². The maximum Gasteiger partial charge on any atom is 0.387 e. The van der Waals surface area contributed by atoms with Crippen molar-refractivity contribution in [3.05, 3.63) is 53.1 Å². The van der Waals surface area contributed by atoms with E-state index >= 15 is 0 Å². The molecule has 0 saturated heterocycles. The van der Waals surface area contributed by atoms with Gasteiger partial charge in [0.2, 0.25) is 10.0 Å². The van der Waals surface area contributed by atoms with Crippen molar-refractivity contribution in [2.75, 3.05) is 19.4 Å². The van der Waals surface area contributed by atoms with Gasteiger partial charge < -0.3 is 10.1 Å². The molecule has 0 aromatic heterocycles. The van der Waals surface area contributed by atoms with Gasteiger partial charge in [0.15, 0.2) is 0 Å². The Kier molecular flexibility index (Phi) is 6.17. The lowest BCUT2D eigenvalue weighted by Crippen LogP contribution is -2.22. The van der Waals surface area contributed by atoms with Crippen LogP contribution in [0.2, 0.25) is 5.02 Å². The molecule has 0 aliphatic rings. The summed E-state index contributed by atoms with van der Waals surface area (Å²) in [5, 5.41) is 2.45. The Morgan fingerprint density at radius 3 is 2.27 bits per heavy atom. The van der Waals surface area contributed by atoms with E-state index in [4.69, 9.17) is 11.6 Å². The molecule has 0 spiro atoms. The van der Waals surface area contributed by atoms with Crippen LogP contribution < -0.4 is 10.1 Å². The molecule has 0 aliphatic carbocycles. The maximum absolute atomic E-state index is 12.2. The van der Waals surface area contributed by atoms with Crippen LogP contribution >= 0.6 is 11.6 Å². The summed E-state index contributed by atoms with van der Waals surface area (Å²) in [4.78, 5) is 12.3. The number of halogens is 3. The van der Waals surface area contributed by atoms with E-state index < -0.39 is 22.5 Å².